The van der Waals surface area contributed by atoms with Gasteiger partial charge >= 0.3 is 0 Å². The van der Waals surface area contributed by atoms with E-state index >= 15 is 0 Å². The predicted molar refractivity (Wildman–Crippen MR) is 56.4 cm³/mol. The lowest BCUT2D eigenvalue weighted by Gasteiger charge is -2.09. The summed E-state index contributed by atoms with van der Waals surface area (Å²) >= 11 is 0. The molecule has 1 fully saturated rings. The van der Waals surface area contributed by atoms with Crippen LogP contribution in [-0.4, -0.2) is 29.4 Å². The summed E-state index contributed by atoms with van der Waals surface area (Å²) in [4.78, 5) is 0. The zero-order chi connectivity index (χ0) is 10.2. The van der Waals surface area contributed by atoms with Crippen LogP contribution >= 0.6 is 0 Å². The molecule has 1 saturated heterocycles. The minimum atomic E-state index is 0.124. The molecule has 14 heavy (non-hydrogen) atoms. The molecule has 1 N–H and O–H groups in total. The normalized spacial score (nSPS) is 27.8. The van der Waals surface area contributed by atoms with Gasteiger partial charge in [0.1, 0.15) is 6.04 Å². The first-order valence-electron chi connectivity index (χ1n) is 5.49. The van der Waals surface area contributed by atoms with E-state index in [4.69, 9.17) is 5.11 Å². The Morgan fingerprint density at radius 2 is 2.29 bits per heavy atom. The minimum Gasteiger partial charge on any atom is -0.313 e. The molecule has 0 aromatic rings. The van der Waals surface area contributed by atoms with Crippen molar-refractivity contribution >= 4 is 0 Å². The van der Waals surface area contributed by atoms with Crippen LogP contribution in [0.4, 0.5) is 0 Å². The highest BCUT2D eigenvalue weighted by Gasteiger charge is 2.35. The Hall–Kier alpha value is -0.700. The van der Waals surface area contributed by atoms with Crippen molar-refractivity contribution in [3.05, 3.63) is 11.8 Å². The molecule has 0 saturated carbocycles. The maximum Gasteiger partial charge on any atom is 0.199 e. The molecule has 3 nitrogen and oxygen atoms in total. The summed E-state index contributed by atoms with van der Waals surface area (Å²) in [6, 6.07) is 0.448. The monoisotopic (exact) mass is 194 g/mol. The molecule has 1 unspecified atom stereocenters. The van der Waals surface area contributed by atoms with Crippen molar-refractivity contribution in [1.29, 1.82) is 0 Å². The lowest BCUT2D eigenvalue weighted by Crippen LogP contribution is -2.27. The van der Waals surface area contributed by atoms with Crippen LogP contribution < -0.4 is 5.32 Å². The predicted octanol–water partition coefficient (Wildman–Crippen LogP) is 1.90. The SMILES string of the molecule is CC(C)(C)[N+]1=NC2CCCNCC2=C1. The van der Waals surface area contributed by atoms with Crippen LogP contribution in [0, 0.1) is 0 Å². The number of nitrogens with zero attached hydrogens (tertiary/aromatic N) is 2. The van der Waals surface area contributed by atoms with Crippen molar-refractivity contribution in [1.82, 2.24) is 5.32 Å². The van der Waals surface area contributed by atoms with Crippen molar-refractivity contribution in [3.8, 4) is 0 Å². The molecule has 0 aliphatic carbocycles. The van der Waals surface area contributed by atoms with Crippen molar-refractivity contribution < 1.29 is 4.70 Å². The molecule has 2 aliphatic rings. The summed E-state index contributed by atoms with van der Waals surface area (Å²) in [6.07, 6.45) is 4.66. The number of rotatable bonds is 0. The average molecular weight is 194 g/mol. The number of hydrogen-bond donors (Lipinski definition) is 1. The molecule has 78 valence electrons. The number of azo groups is 2. The van der Waals surface area contributed by atoms with E-state index in [1.807, 2.05) is 0 Å². The second kappa shape index (κ2) is 3.46. The van der Waals surface area contributed by atoms with Gasteiger partial charge in [0.05, 0.1) is 0 Å². The molecule has 0 bridgehead atoms. The van der Waals surface area contributed by atoms with E-state index in [2.05, 4.69) is 37.0 Å². The van der Waals surface area contributed by atoms with E-state index in [1.165, 1.54) is 18.4 Å². The van der Waals surface area contributed by atoms with Gasteiger partial charge in [0.25, 0.3) is 0 Å². The average Bonchev–Trinajstić information content (AvgIpc) is 2.38. The van der Waals surface area contributed by atoms with E-state index in [1.54, 1.807) is 0 Å². The van der Waals surface area contributed by atoms with Crippen LogP contribution in [0.5, 0.6) is 0 Å². The maximum absolute atomic E-state index is 4.74. The van der Waals surface area contributed by atoms with Gasteiger partial charge in [0.2, 0.25) is 0 Å². The summed E-state index contributed by atoms with van der Waals surface area (Å²) in [5.41, 5.74) is 1.58. The van der Waals surface area contributed by atoms with E-state index in [-0.39, 0.29) is 5.54 Å². The first-order chi connectivity index (χ1) is 6.57. The molecule has 2 rings (SSSR count). The third-order valence-corrected chi connectivity index (χ3v) is 2.83. The zero-order valence-electron chi connectivity index (χ0n) is 9.38. The van der Waals surface area contributed by atoms with Crippen LogP contribution in [0.1, 0.15) is 33.6 Å². The molecule has 2 aliphatic heterocycles. The lowest BCUT2D eigenvalue weighted by molar-refractivity contribution is -0.595. The summed E-state index contributed by atoms with van der Waals surface area (Å²) in [7, 11) is 0. The highest BCUT2D eigenvalue weighted by molar-refractivity contribution is 5.13. The van der Waals surface area contributed by atoms with Crippen LogP contribution in [0.25, 0.3) is 0 Å². The van der Waals surface area contributed by atoms with E-state index < -0.39 is 0 Å². The number of nitrogens with one attached hydrogen (secondary N) is 1. The Balaban J connectivity index is 2.19. The van der Waals surface area contributed by atoms with E-state index in [0.29, 0.717) is 6.04 Å². The molecule has 0 aromatic heterocycles. The van der Waals surface area contributed by atoms with Crippen molar-refractivity contribution in [3.63, 3.8) is 0 Å². The highest BCUT2D eigenvalue weighted by atomic mass is 15.3. The van der Waals surface area contributed by atoms with Crippen molar-refractivity contribution in [2.45, 2.75) is 45.2 Å². The fourth-order valence-electron chi connectivity index (χ4n) is 1.93. The smallest absolute Gasteiger partial charge is 0.199 e. The molecule has 0 aromatic carbocycles. The van der Waals surface area contributed by atoms with Gasteiger partial charge in [-0.2, -0.15) is 0 Å². The molecule has 1 atom stereocenters. The van der Waals surface area contributed by atoms with Crippen LogP contribution in [0.15, 0.2) is 16.9 Å². The van der Waals surface area contributed by atoms with E-state index in [0.717, 1.165) is 13.1 Å². The first kappa shape index (κ1) is 9.84. The quantitative estimate of drug-likeness (QED) is 0.586. The molecule has 0 amide bonds. The fraction of sp³-hybridized carbons (Fsp3) is 0.818. The molecule has 3 heteroatoms. The summed E-state index contributed by atoms with van der Waals surface area (Å²) in [5, 5.41) is 8.18. The lowest BCUT2D eigenvalue weighted by atomic mass is 10.1. The Morgan fingerprint density at radius 1 is 1.50 bits per heavy atom. The van der Waals surface area contributed by atoms with Crippen LogP contribution in [0.3, 0.4) is 0 Å². The third kappa shape index (κ3) is 1.87. The number of hydrogen-bond acceptors (Lipinski definition) is 2. The van der Waals surface area contributed by atoms with Gasteiger partial charge in [-0.25, -0.2) is 0 Å². The fourth-order valence-corrected chi connectivity index (χ4v) is 1.93. The Labute approximate surface area is 85.9 Å². The standard InChI is InChI=1S/C11H20N3/c1-11(2,3)14-8-9-7-12-6-4-5-10(9)13-14/h8,10,12H,4-7H2,1-3H3/q+1. The van der Waals surface area contributed by atoms with Gasteiger partial charge in [0, 0.05) is 32.9 Å². The van der Waals surface area contributed by atoms with Crippen molar-refractivity contribution in [2.75, 3.05) is 13.1 Å². The number of fused-ring (bicyclic) bond motifs is 1. The maximum atomic E-state index is 4.74. The second-order valence-electron chi connectivity index (χ2n) is 5.17. The molecule has 0 radical (unpaired) electrons. The van der Waals surface area contributed by atoms with Crippen LogP contribution in [-0.2, 0) is 0 Å². The van der Waals surface area contributed by atoms with Crippen LogP contribution in [0.2, 0.25) is 0 Å². The topological polar surface area (TPSA) is 27.4 Å². The van der Waals surface area contributed by atoms with Gasteiger partial charge in [-0.1, -0.05) is 4.70 Å². The summed E-state index contributed by atoms with van der Waals surface area (Å²) in [5.74, 6) is 0. The van der Waals surface area contributed by atoms with Crippen molar-refractivity contribution in [2.24, 2.45) is 5.11 Å². The minimum absolute atomic E-state index is 0.124. The Kier molecular flexibility index (Phi) is 2.43. The summed E-state index contributed by atoms with van der Waals surface area (Å²) in [6.45, 7) is 8.75. The van der Waals surface area contributed by atoms with Gasteiger partial charge in [-0.15, -0.1) is 0 Å². The molecule has 0 spiro atoms. The van der Waals surface area contributed by atoms with Gasteiger partial charge in [-0.3, -0.25) is 0 Å². The second-order valence-corrected chi connectivity index (χ2v) is 5.17. The van der Waals surface area contributed by atoms with E-state index in [9.17, 15) is 0 Å². The molecular formula is C11H20N3+. The largest absolute Gasteiger partial charge is 0.313 e. The first-order valence-corrected chi connectivity index (χ1v) is 5.49. The summed E-state index contributed by atoms with van der Waals surface area (Å²) < 4.78 is 2.12. The Morgan fingerprint density at radius 3 is 3.00 bits per heavy atom. The highest BCUT2D eigenvalue weighted by Crippen LogP contribution is 2.24. The van der Waals surface area contributed by atoms with Gasteiger partial charge < -0.3 is 5.32 Å². The third-order valence-electron chi connectivity index (χ3n) is 2.83. The molecular weight excluding hydrogens is 174 g/mol. The van der Waals surface area contributed by atoms with Gasteiger partial charge in [-0.05, 0) is 24.5 Å². The molecule has 2 heterocycles. The zero-order valence-corrected chi connectivity index (χ0v) is 9.38. The van der Waals surface area contributed by atoms with Gasteiger partial charge in [0.15, 0.2) is 11.7 Å². The Bertz CT molecular complexity index is 283.